The fraction of sp³-hybridized carbons (Fsp3) is 0.419. The quantitative estimate of drug-likeness (QED) is 0.200. The molecule has 0 saturated carbocycles. The Morgan fingerprint density at radius 2 is 1.82 bits per heavy atom. The molecule has 0 bridgehead atoms. The van der Waals surface area contributed by atoms with Gasteiger partial charge in [-0.15, -0.1) is 0 Å². The number of rotatable bonds is 12. The van der Waals surface area contributed by atoms with Gasteiger partial charge in [-0.05, 0) is 69.0 Å². The smallest absolute Gasteiger partial charge is 0.264 e. The molecule has 0 aliphatic heterocycles. The molecule has 0 radical (unpaired) electrons. The van der Waals surface area contributed by atoms with Crippen molar-refractivity contribution in [3.8, 4) is 16.9 Å². The fourth-order valence-corrected chi connectivity index (χ4v) is 5.26. The first kappa shape index (κ1) is 29.3. The van der Waals surface area contributed by atoms with Gasteiger partial charge in [-0.25, -0.2) is 8.78 Å². The molecule has 2 aromatic carbocycles. The van der Waals surface area contributed by atoms with Crippen LogP contribution in [0.15, 0.2) is 47.5 Å². The third-order valence-corrected chi connectivity index (χ3v) is 7.38. The zero-order valence-corrected chi connectivity index (χ0v) is 24.0. The molecule has 40 heavy (non-hydrogen) atoms. The molecule has 0 aliphatic carbocycles. The van der Waals surface area contributed by atoms with E-state index in [0.717, 1.165) is 48.9 Å². The van der Waals surface area contributed by atoms with Crippen LogP contribution < -0.4 is 20.9 Å². The molecule has 2 N–H and O–H groups in total. The van der Waals surface area contributed by atoms with E-state index in [-0.39, 0.29) is 11.1 Å². The Bertz CT molecular complexity index is 1540. The second-order valence-electron chi connectivity index (χ2n) is 10.3. The summed E-state index contributed by atoms with van der Waals surface area (Å²) in [5, 5.41) is 5.27. The highest BCUT2D eigenvalue weighted by atomic mass is 19.3. The fourth-order valence-electron chi connectivity index (χ4n) is 5.26. The van der Waals surface area contributed by atoms with Crippen molar-refractivity contribution in [3.05, 3.63) is 69.8 Å². The lowest BCUT2D eigenvalue weighted by Crippen LogP contribution is -2.23. The summed E-state index contributed by atoms with van der Waals surface area (Å²) in [6.45, 7) is 7.75. The van der Waals surface area contributed by atoms with Gasteiger partial charge < -0.3 is 19.9 Å². The minimum absolute atomic E-state index is 0.0415. The topological polar surface area (TPSA) is 78.3 Å². The molecular formula is C31H39F2N5O2. The van der Waals surface area contributed by atoms with Gasteiger partial charge in [0.2, 0.25) is 0 Å². The minimum Gasteiger partial charge on any atom is -0.497 e. The Morgan fingerprint density at radius 1 is 1.05 bits per heavy atom. The van der Waals surface area contributed by atoms with Crippen LogP contribution in [0.5, 0.6) is 5.75 Å². The highest BCUT2D eigenvalue weighted by Crippen LogP contribution is 2.41. The summed E-state index contributed by atoms with van der Waals surface area (Å²) in [7, 11) is 3.31. The lowest BCUT2D eigenvalue weighted by Gasteiger charge is -2.29. The number of methoxy groups -OCH3 is 1. The van der Waals surface area contributed by atoms with Crippen LogP contribution in [0.2, 0.25) is 0 Å². The SMILES string of the molecule is CCCN(c1cc(C(F)F)c(-c2cnn(CCCCCN)c2)cc1C)c1cc(OC)cc2c1cc(C)c(=O)n2C. The lowest BCUT2D eigenvalue weighted by atomic mass is 9.97. The first-order chi connectivity index (χ1) is 19.2. The summed E-state index contributed by atoms with van der Waals surface area (Å²) in [6, 6.07) is 9.04. The predicted octanol–water partition coefficient (Wildman–Crippen LogP) is 6.64. The number of hydrogen-bond acceptors (Lipinski definition) is 5. The Balaban J connectivity index is 1.85. The number of nitrogens with zero attached hydrogens (tertiary/aromatic N) is 4. The Morgan fingerprint density at radius 3 is 2.50 bits per heavy atom. The van der Waals surface area contributed by atoms with E-state index < -0.39 is 6.43 Å². The summed E-state index contributed by atoms with van der Waals surface area (Å²) < 4.78 is 38.2. The largest absolute Gasteiger partial charge is 0.497 e. The molecule has 0 saturated heterocycles. The molecule has 0 aliphatic rings. The third-order valence-electron chi connectivity index (χ3n) is 7.38. The van der Waals surface area contributed by atoms with E-state index in [0.29, 0.717) is 46.7 Å². The summed E-state index contributed by atoms with van der Waals surface area (Å²) in [5.41, 5.74) is 10.3. The number of benzene rings is 2. The standard InChI is InChI=1S/C31H39F2N5O2/c1-6-11-38(29-16-23(40-5)15-28-26(29)14-21(3)31(39)36(28)4)27-17-25(30(32)33)24(13-20(27)2)22-18-35-37(19-22)12-9-7-8-10-34/h13-19,30H,6-12,34H2,1-5H3. The Kier molecular flexibility index (Phi) is 9.25. The third kappa shape index (κ3) is 5.89. The molecule has 214 valence electrons. The Labute approximate surface area is 234 Å². The average Bonchev–Trinajstić information content (AvgIpc) is 3.41. The molecule has 2 aromatic heterocycles. The van der Waals surface area contributed by atoms with Gasteiger partial charge in [-0.1, -0.05) is 13.3 Å². The van der Waals surface area contributed by atoms with Crippen LogP contribution in [0.3, 0.4) is 0 Å². The number of fused-ring (bicyclic) bond motifs is 1. The molecule has 7 nitrogen and oxygen atoms in total. The van der Waals surface area contributed by atoms with E-state index in [9.17, 15) is 13.6 Å². The zero-order valence-electron chi connectivity index (χ0n) is 24.0. The van der Waals surface area contributed by atoms with E-state index in [4.69, 9.17) is 10.5 Å². The van der Waals surface area contributed by atoms with E-state index in [2.05, 4.69) is 16.9 Å². The van der Waals surface area contributed by atoms with E-state index >= 15 is 0 Å². The maximum atomic E-state index is 14.6. The van der Waals surface area contributed by atoms with Crippen molar-refractivity contribution in [2.75, 3.05) is 25.1 Å². The van der Waals surface area contributed by atoms with Crippen LogP contribution in [0.4, 0.5) is 20.2 Å². The second-order valence-corrected chi connectivity index (χ2v) is 10.3. The van der Waals surface area contributed by atoms with Crippen molar-refractivity contribution < 1.29 is 13.5 Å². The molecule has 0 amide bonds. The van der Waals surface area contributed by atoms with E-state index in [1.807, 2.05) is 42.1 Å². The second kappa shape index (κ2) is 12.6. The first-order valence-electron chi connectivity index (χ1n) is 13.8. The number of alkyl halides is 2. The molecule has 4 aromatic rings. The monoisotopic (exact) mass is 551 g/mol. The van der Waals surface area contributed by atoms with Crippen molar-refractivity contribution in [3.63, 3.8) is 0 Å². The number of nitrogens with two attached hydrogens (primary N) is 1. The van der Waals surface area contributed by atoms with Crippen LogP contribution in [0.1, 0.15) is 55.7 Å². The first-order valence-corrected chi connectivity index (χ1v) is 13.8. The van der Waals surface area contributed by atoms with Gasteiger partial charge in [0.05, 0.1) is 24.5 Å². The van der Waals surface area contributed by atoms with Crippen molar-refractivity contribution in [2.24, 2.45) is 12.8 Å². The van der Waals surface area contributed by atoms with Gasteiger partial charge in [0.15, 0.2) is 0 Å². The van der Waals surface area contributed by atoms with Crippen molar-refractivity contribution in [1.82, 2.24) is 14.3 Å². The summed E-state index contributed by atoms with van der Waals surface area (Å²) in [5.74, 6) is 0.588. The van der Waals surface area contributed by atoms with Gasteiger partial charge in [-0.3, -0.25) is 9.48 Å². The van der Waals surface area contributed by atoms with Gasteiger partial charge in [0.1, 0.15) is 5.75 Å². The molecular weight excluding hydrogens is 512 g/mol. The van der Waals surface area contributed by atoms with E-state index in [1.54, 1.807) is 37.9 Å². The summed E-state index contributed by atoms with van der Waals surface area (Å²) >= 11 is 0. The van der Waals surface area contributed by atoms with Gasteiger partial charge in [-0.2, -0.15) is 5.10 Å². The molecule has 2 heterocycles. The molecule has 0 spiro atoms. The number of pyridine rings is 1. The number of unbranched alkanes of at least 4 members (excludes halogenated alkanes) is 2. The van der Waals surface area contributed by atoms with Crippen molar-refractivity contribution in [2.45, 2.75) is 59.4 Å². The minimum atomic E-state index is -2.67. The molecule has 0 fully saturated rings. The van der Waals surface area contributed by atoms with Crippen LogP contribution >= 0.6 is 0 Å². The molecule has 9 heteroatoms. The van der Waals surface area contributed by atoms with Crippen molar-refractivity contribution in [1.29, 1.82) is 0 Å². The number of ether oxygens (including phenoxy) is 1. The number of aryl methyl sites for hydroxylation is 4. The summed E-state index contributed by atoms with van der Waals surface area (Å²) in [6.07, 6.45) is 4.50. The van der Waals surface area contributed by atoms with Crippen molar-refractivity contribution >= 4 is 22.3 Å². The van der Waals surface area contributed by atoms with Crippen LogP contribution in [-0.4, -0.2) is 34.5 Å². The van der Waals surface area contributed by atoms with Crippen LogP contribution in [-0.2, 0) is 13.6 Å². The highest BCUT2D eigenvalue weighted by molar-refractivity contribution is 5.96. The van der Waals surface area contributed by atoms with Crippen LogP contribution in [0.25, 0.3) is 22.0 Å². The van der Waals surface area contributed by atoms with Gasteiger partial charge >= 0.3 is 0 Å². The lowest BCUT2D eigenvalue weighted by molar-refractivity contribution is 0.152. The normalized spacial score (nSPS) is 11.5. The molecule has 0 unspecified atom stereocenters. The summed E-state index contributed by atoms with van der Waals surface area (Å²) in [4.78, 5) is 14.8. The van der Waals surface area contributed by atoms with Gasteiger partial charge in [0.25, 0.3) is 12.0 Å². The predicted molar refractivity (Wildman–Crippen MR) is 158 cm³/mol. The number of anilines is 2. The number of aromatic nitrogens is 3. The van der Waals surface area contributed by atoms with E-state index in [1.165, 1.54) is 0 Å². The van der Waals surface area contributed by atoms with Gasteiger partial charge in [0, 0.05) is 66.2 Å². The highest BCUT2D eigenvalue weighted by Gasteiger charge is 2.23. The zero-order chi connectivity index (χ0) is 29.0. The maximum absolute atomic E-state index is 14.6. The number of halogens is 2. The molecule has 0 atom stereocenters. The maximum Gasteiger partial charge on any atom is 0.264 e. The Hall–Kier alpha value is -3.72. The average molecular weight is 552 g/mol. The van der Waals surface area contributed by atoms with Crippen LogP contribution in [0, 0.1) is 13.8 Å². The molecule has 4 rings (SSSR count). The number of hydrogen-bond donors (Lipinski definition) is 1.